The minimum Gasteiger partial charge on any atom is -0.493 e. The predicted molar refractivity (Wildman–Crippen MR) is 84.2 cm³/mol. The molecule has 2 aromatic heterocycles. The van der Waals surface area contributed by atoms with E-state index in [0.29, 0.717) is 13.0 Å². The fraction of sp³-hybridized carbons (Fsp3) is 0.235. The van der Waals surface area contributed by atoms with Gasteiger partial charge < -0.3 is 10.1 Å². The van der Waals surface area contributed by atoms with Gasteiger partial charge >= 0.3 is 0 Å². The number of benzene rings is 1. The highest BCUT2D eigenvalue weighted by atomic mass is 16.5. The molecule has 0 atom stereocenters. The van der Waals surface area contributed by atoms with Crippen molar-refractivity contribution in [3.05, 3.63) is 59.5 Å². The number of carbonyl (C=O) groups excluding carboxylic acids is 1. The Morgan fingerprint density at radius 1 is 1.26 bits per heavy atom. The highest BCUT2D eigenvalue weighted by molar-refractivity contribution is 5.78. The molecule has 3 heterocycles. The van der Waals surface area contributed by atoms with Crippen molar-refractivity contribution in [2.24, 2.45) is 0 Å². The van der Waals surface area contributed by atoms with E-state index in [1.165, 1.54) is 5.56 Å². The number of fused-ring (bicyclic) bond motifs is 2. The van der Waals surface area contributed by atoms with Crippen LogP contribution >= 0.6 is 0 Å². The number of nitrogens with zero attached hydrogens (tertiary/aromatic N) is 3. The van der Waals surface area contributed by atoms with Gasteiger partial charge in [-0.15, -0.1) is 10.2 Å². The van der Waals surface area contributed by atoms with Crippen molar-refractivity contribution in [2.45, 2.75) is 19.4 Å². The van der Waals surface area contributed by atoms with Gasteiger partial charge in [-0.25, -0.2) is 0 Å². The van der Waals surface area contributed by atoms with E-state index >= 15 is 0 Å². The summed E-state index contributed by atoms with van der Waals surface area (Å²) in [6.45, 7) is 1.09. The minimum absolute atomic E-state index is 0.0310. The van der Waals surface area contributed by atoms with E-state index in [0.717, 1.165) is 35.8 Å². The Morgan fingerprint density at radius 2 is 2.22 bits per heavy atom. The number of hydrogen-bond donors (Lipinski definition) is 1. The molecule has 0 bridgehead atoms. The van der Waals surface area contributed by atoms with E-state index in [-0.39, 0.29) is 5.91 Å². The van der Waals surface area contributed by atoms with Gasteiger partial charge in [0, 0.05) is 12.6 Å². The summed E-state index contributed by atoms with van der Waals surface area (Å²) in [6.07, 6.45) is 3.15. The maximum Gasteiger partial charge on any atom is 0.224 e. The van der Waals surface area contributed by atoms with E-state index in [2.05, 4.69) is 15.5 Å². The molecule has 6 nitrogen and oxygen atoms in total. The maximum atomic E-state index is 12.1. The number of rotatable bonds is 4. The first-order valence-electron chi connectivity index (χ1n) is 7.59. The lowest BCUT2D eigenvalue weighted by molar-refractivity contribution is -0.120. The second kappa shape index (κ2) is 5.72. The van der Waals surface area contributed by atoms with Gasteiger partial charge in [0.2, 0.25) is 5.91 Å². The van der Waals surface area contributed by atoms with Crippen molar-refractivity contribution in [3.63, 3.8) is 0 Å². The Labute approximate surface area is 133 Å². The second-order valence-corrected chi connectivity index (χ2v) is 5.54. The summed E-state index contributed by atoms with van der Waals surface area (Å²) in [5, 5.41) is 11.1. The van der Waals surface area contributed by atoms with Gasteiger partial charge in [0.15, 0.2) is 11.5 Å². The lowest BCUT2D eigenvalue weighted by Gasteiger charge is -2.06. The van der Waals surface area contributed by atoms with Crippen molar-refractivity contribution in [3.8, 4) is 5.75 Å². The van der Waals surface area contributed by atoms with Crippen molar-refractivity contribution in [2.75, 3.05) is 6.61 Å². The van der Waals surface area contributed by atoms with Crippen molar-refractivity contribution in [1.29, 1.82) is 0 Å². The van der Waals surface area contributed by atoms with Crippen LogP contribution in [0.5, 0.6) is 5.75 Å². The lowest BCUT2D eigenvalue weighted by Crippen LogP contribution is -2.25. The van der Waals surface area contributed by atoms with E-state index in [1.54, 1.807) is 0 Å². The lowest BCUT2D eigenvalue weighted by atomic mass is 10.1. The number of ether oxygens (including phenoxy) is 1. The molecule has 0 fully saturated rings. The van der Waals surface area contributed by atoms with Crippen LogP contribution in [0.4, 0.5) is 0 Å². The molecule has 0 radical (unpaired) electrons. The molecular formula is C17H16N4O2. The van der Waals surface area contributed by atoms with E-state index < -0.39 is 0 Å². The number of amides is 1. The van der Waals surface area contributed by atoms with Crippen molar-refractivity contribution < 1.29 is 9.53 Å². The summed E-state index contributed by atoms with van der Waals surface area (Å²) in [5.41, 5.74) is 2.95. The van der Waals surface area contributed by atoms with Crippen molar-refractivity contribution in [1.82, 2.24) is 19.9 Å². The zero-order chi connectivity index (χ0) is 15.6. The topological polar surface area (TPSA) is 68.5 Å². The average Bonchev–Trinajstić information content (AvgIpc) is 3.19. The highest BCUT2D eigenvalue weighted by Gasteiger charge is 2.13. The molecule has 23 heavy (non-hydrogen) atoms. The molecule has 0 unspecified atom stereocenters. The summed E-state index contributed by atoms with van der Waals surface area (Å²) >= 11 is 0. The first kappa shape index (κ1) is 13.8. The molecule has 116 valence electrons. The van der Waals surface area contributed by atoms with Gasteiger partial charge in [0.1, 0.15) is 5.75 Å². The summed E-state index contributed by atoms with van der Waals surface area (Å²) in [6, 6.07) is 11.6. The summed E-state index contributed by atoms with van der Waals surface area (Å²) in [5.74, 6) is 1.62. The SMILES string of the molecule is O=C(Cc1ccc2c(c1)CCO2)NCc1nnc2ccccn12. The average molecular weight is 308 g/mol. The summed E-state index contributed by atoms with van der Waals surface area (Å²) in [4.78, 5) is 12.1. The zero-order valence-electron chi connectivity index (χ0n) is 12.5. The molecular weight excluding hydrogens is 292 g/mol. The monoisotopic (exact) mass is 308 g/mol. The molecule has 4 rings (SSSR count). The molecule has 0 aliphatic carbocycles. The molecule has 1 aromatic carbocycles. The zero-order valence-corrected chi connectivity index (χ0v) is 12.5. The van der Waals surface area contributed by atoms with Crippen LogP contribution in [0, 0.1) is 0 Å². The maximum absolute atomic E-state index is 12.1. The van der Waals surface area contributed by atoms with Gasteiger partial charge in [0.25, 0.3) is 0 Å². The Morgan fingerprint density at radius 3 is 3.17 bits per heavy atom. The molecule has 1 N–H and O–H groups in total. The number of nitrogens with one attached hydrogen (secondary N) is 1. The van der Waals surface area contributed by atoms with Gasteiger partial charge in [-0.2, -0.15) is 0 Å². The van der Waals surface area contributed by atoms with Crippen molar-refractivity contribution >= 4 is 11.6 Å². The third-order valence-corrected chi connectivity index (χ3v) is 3.95. The Hall–Kier alpha value is -2.89. The van der Waals surface area contributed by atoms with E-state index in [1.807, 2.05) is 47.0 Å². The van der Waals surface area contributed by atoms with Gasteiger partial charge in [-0.05, 0) is 29.3 Å². The normalized spacial score (nSPS) is 12.9. The van der Waals surface area contributed by atoms with Crippen LogP contribution in [0.25, 0.3) is 5.65 Å². The van der Waals surface area contributed by atoms with Crippen LogP contribution in [0.1, 0.15) is 17.0 Å². The van der Waals surface area contributed by atoms with Crippen LogP contribution in [0.3, 0.4) is 0 Å². The first-order valence-corrected chi connectivity index (χ1v) is 7.59. The number of aromatic nitrogens is 3. The molecule has 1 aliphatic heterocycles. The molecule has 0 saturated carbocycles. The number of pyridine rings is 1. The van der Waals surface area contributed by atoms with E-state index in [9.17, 15) is 4.79 Å². The Kier molecular flexibility index (Phi) is 3.42. The van der Waals surface area contributed by atoms with Crippen LogP contribution < -0.4 is 10.1 Å². The summed E-state index contributed by atoms with van der Waals surface area (Å²) in [7, 11) is 0. The Bertz CT molecular complexity index is 872. The van der Waals surface area contributed by atoms with Crippen LogP contribution in [0.15, 0.2) is 42.6 Å². The molecule has 3 aromatic rings. The third-order valence-electron chi connectivity index (χ3n) is 3.95. The smallest absolute Gasteiger partial charge is 0.224 e. The van der Waals surface area contributed by atoms with Crippen LogP contribution in [-0.2, 0) is 24.2 Å². The molecule has 1 aliphatic rings. The quantitative estimate of drug-likeness (QED) is 0.793. The van der Waals surface area contributed by atoms with Gasteiger partial charge in [-0.3, -0.25) is 9.20 Å². The van der Waals surface area contributed by atoms with Crippen LogP contribution in [0.2, 0.25) is 0 Å². The first-order chi connectivity index (χ1) is 11.3. The predicted octanol–water partition coefficient (Wildman–Crippen LogP) is 1.52. The largest absolute Gasteiger partial charge is 0.493 e. The molecule has 1 amide bonds. The van der Waals surface area contributed by atoms with Gasteiger partial charge in [-0.1, -0.05) is 18.2 Å². The Balaban J connectivity index is 1.40. The molecule has 6 heteroatoms. The second-order valence-electron chi connectivity index (χ2n) is 5.54. The number of hydrogen-bond acceptors (Lipinski definition) is 4. The van der Waals surface area contributed by atoms with Gasteiger partial charge in [0.05, 0.1) is 19.6 Å². The fourth-order valence-corrected chi connectivity index (χ4v) is 2.79. The molecule has 0 saturated heterocycles. The standard InChI is InChI=1S/C17H16N4O2/c22-17(10-12-4-5-14-13(9-12)6-8-23-14)18-11-16-20-19-15-3-1-2-7-21(15)16/h1-5,7,9H,6,8,10-11H2,(H,18,22). The molecule has 0 spiro atoms. The minimum atomic E-state index is -0.0310. The third kappa shape index (κ3) is 2.75. The van der Waals surface area contributed by atoms with E-state index in [4.69, 9.17) is 4.74 Å². The highest BCUT2D eigenvalue weighted by Crippen LogP contribution is 2.25. The number of carbonyl (C=O) groups is 1. The fourth-order valence-electron chi connectivity index (χ4n) is 2.79. The van der Waals surface area contributed by atoms with Crippen LogP contribution in [-0.4, -0.2) is 27.1 Å². The summed E-state index contributed by atoms with van der Waals surface area (Å²) < 4.78 is 7.35.